The molecule has 0 spiro atoms. The van der Waals surface area contributed by atoms with E-state index in [1.165, 1.54) is 11.1 Å². The van der Waals surface area contributed by atoms with E-state index in [0.29, 0.717) is 6.42 Å². The van der Waals surface area contributed by atoms with Gasteiger partial charge in [0, 0.05) is 65.9 Å². The van der Waals surface area contributed by atoms with Gasteiger partial charge in [0.15, 0.2) is 11.5 Å². The number of rotatable bonds is 6. The molecule has 1 amide bonds. The summed E-state index contributed by atoms with van der Waals surface area (Å²) >= 11 is 0. The first kappa shape index (κ1) is 45.1. The van der Waals surface area contributed by atoms with Crippen LogP contribution in [0.3, 0.4) is 0 Å². The third-order valence-electron chi connectivity index (χ3n) is 6.31. The molecule has 0 fully saturated rings. The quantitative estimate of drug-likeness (QED) is 0.103. The van der Waals surface area contributed by atoms with Crippen molar-refractivity contribution in [2.45, 2.75) is 106 Å². The minimum Gasteiger partial charge on any atom is -0.854 e. The molecule has 1 aliphatic rings. The normalized spacial score (nSPS) is 12.3. The fraction of sp³-hybridized carbons (Fsp3) is 0.514. The third-order valence-corrected chi connectivity index (χ3v) is 6.31. The van der Waals surface area contributed by atoms with Crippen molar-refractivity contribution in [1.29, 1.82) is 5.59 Å². The average Bonchev–Trinajstić information content (AvgIpc) is 3.51. The molecular weight excluding hydrogens is 647 g/mol. The average molecular weight is 695 g/mol. The van der Waals surface area contributed by atoms with Crippen molar-refractivity contribution in [2.24, 2.45) is 5.41 Å². The number of H-pyrrole nitrogens is 1. The number of aromatic nitrogens is 1. The van der Waals surface area contributed by atoms with Gasteiger partial charge in [-0.05, 0) is 39.3 Å². The van der Waals surface area contributed by atoms with Gasteiger partial charge in [-0.3, -0.25) is 14.9 Å². The number of nitroso groups, excluding NO2 is 1. The molecule has 48 heavy (non-hydrogen) atoms. The molecule has 0 atom stereocenters. The summed E-state index contributed by atoms with van der Waals surface area (Å²) in [4.78, 5) is 32.7. The van der Waals surface area contributed by atoms with E-state index < -0.39 is 22.2 Å². The first-order chi connectivity index (χ1) is 21.8. The van der Waals surface area contributed by atoms with Crippen molar-refractivity contribution >= 4 is 28.2 Å². The topological polar surface area (TPSA) is 170 Å². The van der Waals surface area contributed by atoms with Crippen LogP contribution in [-0.2, 0) is 10.2 Å². The number of nitro groups is 1. The second-order valence-corrected chi connectivity index (χ2v) is 13.4. The molecule has 4 rings (SSSR count). The van der Waals surface area contributed by atoms with Crippen LogP contribution < -0.4 is 71.3 Å². The van der Waals surface area contributed by atoms with Gasteiger partial charge in [0.05, 0.1) is 16.2 Å². The summed E-state index contributed by atoms with van der Waals surface area (Å²) in [5, 5.41) is 24.1. The standard InChI is InChI=1S/C16H19FN2O3.C15H19NO2.C4H9O.K.HNO/c1-5-6-15(20)18-13-10-12(17)14(19(21)22)9-11(13)7-8-16(2,3)4;1-14(2,3)13-7-9-6-11-12(8-10(9)16-13)18-15(4,5)17-11;1-2-3-4-5;;1-2/h9-10H,5-6H2,1-4H3,(H,18,20);6-8,16H,1-5H3;2-4H2,1H3;;1H/q;;-1;+1;. The van der Waals surface area contributed by atoms with E-state index in [9.17, 15) is 24.4 Å². The Kier molecular flexibility index (Phi) is 18.8. The largest absolute Gasteiger partial charge is 1.00 e. The maximum absolute atomic E-state index is 13.8. The number of nitrogens with zero attached hydrogens (tertiary/aromatic N) is 1. The van der Waals surface area contributed by atoms with Gasteiger partial charge in [-0.25, -0.2) is 0 Å². The van der Waals surface area contributed by atoms with E-state index >= 15 is 0 Å². The van der Waals surface area contributed by atoms with E-state index in [1.807, 2.05) is 60.6 Å². The summed E-state index contributed by atoms with van der Waals surface area (Å²) in [6.07, 6.45) is 2.79. The second kappa shape index (κ2) is 20.0. The molecule has 0 bridgehead atoms. The summed E-state index contributed by atoms with van der Waals surface area (Å²) in [5.74, 6) is 5.50. The number of unbranched alkanes of at least 4 members (excludes halogenated alkanes) is 1. The maximum Gasteiger partial charge on any atom is 1.00 e. The number of benzene rings is 2. The predicted molar refractivity (Wildman–Crippen MR) is 181 cm³/mol. The molecular formula is C35H48FKN4O7. The van der Waals surface area contributed by atoms with Gasteiger partial charge in [-0.15, -0.1) is 6.61 Å². The first-order valence-corrected chi connectivity index (χ1v) is 15.4. The summed E-state index contributed by atoms with van der Waals surface area (Å²) < 4.78 is 25.3. The van der Waals surface area contributed by atoms with Crippen LogP contribution in [0.5, 0.6) is 11.5 Å². The van der Waals surface area contributed by atoms with Crippen molar-refractivity contribution in [1.82, 2.24) is 4.98 Å². The van der Waals surface area contributed by atoms with Gasteiger partial charge in [-0.1, -0.05) is 64.9 Å². The molecule has 13 heteroatoms. The van der Waals surface area contributed by atoms with Crippen LogP contribution in [0.25, 0.3) is 10.9 Å². The van der Waals surface area contributed by atoms with Crippen LogP contribution >= 0.6 is 0 Å². The molecule has 11 nitrogen and oxygen atoms in total. The summed E-state index contributed by atoms with van der Waals surface area (Å²) in [5.41, 5.74) is 6.33. The molecule has 0 aliphatic carbocycles. The zero-order valence-corrected chi connectivity index (χ0v) is 33.2. The Morgan fingerprint density at radius 1 is 1.02 bits per heavy atom. The zero-order chi connectivity index (χ0) is 36.2. The second-order valence-electron chi connectivity index (χ2n) is 13.4. The molecule has 3 aromatic rings. The summed E-state index contributed by atoms with van der Waals surface area (Å²) in [6, 6.07) is 8.25. The summed E-state index contributed by atoms with van der Waals surface area (Å²) in [6.45, 7) is 20.0. The van der Waals surface area contributed by atoms with Crippen LogP contribution in [0, 0.1) is 43.7 Å². The number of ether oxygens (including phenoxy) is 2. The number of nitrogens with one attached hydrogen (secondary N) is 3. The molecule has 1 aliphatic heterocycles. The van der Waals surface area contributed by atoms with Gasteiger partial charge in [0.2, 0.25) is 17.5 Å². The molecule has 0 saturated heterocycles. The van der Waals surface area contributed by atoms with Crippen molar-refractivity contribution < 1.29 is 80.1 Å². The molecule has 258 valence electrons. The van der Waals surface area contributed by atoms with Crippen molar-refractivity contribution in [3.8, 4) is 23.3 Å². The first-order valence-electron chi connectivity index (χ1n) is 15.4. The Hall–Kier alpha value is -2.86. The molecule has 3 N–H and O–H groups in total. The van der Waals surface area contributed by atoms with Crippen LogP contribution in [-0.4, -0.2) is 28.2 Å². The minimum absolute atomic E-state index is 0. The smallest absolute Gasteiger partial charge is 0.854 e. The van der Waals surface area contributed by atoms with E-state index in [0.717, 1.165) is 42.0 Å². The van der Waals surface area contributed by atoms with Crippen LogP contribution in [0.15, 0.2) is 30.3 Å². The number of hydrogen-bond donors (Lipinski definition) is 3. The SMILES string of the molecule is CC1(C)Oc2cc3cc(C(C)(C)C)[nH]c3cc2O1.CCCC(=O)Nc1cc(F)c([N+](=O)[O-])cc1C#CC(C)(C)C.CCCC[O-].N=O.[K+]. The Labute approximate surface area is 325 Å². The Morgan fingerprint density at radius 2 is 1.60 bits per heavy atom. The Morgan fingerprint density at radius 3 is 2.06 bits per heavy atom. The zero-order valence-electron chi connectivity index (χ0n) is 30.1. The number of halogens is 1. The predicted octanol–water partition coefficient (Wildman–Crippen LogP) is 5.33. The number of carbonyl (C=O) groups excluding carboxylic acids is 1. The number of nitro benzene ring substituents is 1. The third kappa shape index (κ3) is 14.7. The van der Waals surface area contributed by atoms with Gasteiger partial charge < -0.3 is 24.9 Å². The van der Waals surface area contributed by atoms with Crippen LogP contribution in [0.2, 0.25) is 0 Å². The number of carbonyl (C=O) groups is 1. The monoisotopic (exact) mass is 694 g/mol. The number of anilines is 1. The number of hydrogen-bond acceptors (Lipinski definition) is 8. The fourth-order valence-electron chi connectivity index (χ4n) is 4.00. The number of amides is 1. The molecule has 0 saturated carbocycles. The van der Waals surface area contributed by atoms with E-state index in [2.05, 4.69) is 54.6 Å². The van der Waals surface area contributed by atoms with E-state index in [-0.39, 0.29) is 92.4 Å². The number of fused-ring (bicyclic) bond motifs is 2. The van der Waals surface area contributed by atoms with Crippen LogP contribution in [0.1, 0.15) is 106 Å². The number of aromatic amines is 1. The molecule has 0 radical (unpaired) electrons. The van der Waals surface area contributed by atoms with E-state index in [4.69, 9.17) is 14.4 Å². The molecule has 2 heterocycles. The fourth-order valence-corrected chi connectivity index (χ4v) is 4.00. The van der Waals surface area contributed by atoms with Gasteiger partial charge >= 0.3 is 57.1 Å². The van der Waals surface area contributed by atoms with Gasteiger partial charge in [0.1, 0.15) is 0 Å². The molecule has 1 aromatic heterocycles. The Bertz CT molecular complexity index is 1530. The van der Waals surface area contributed by atoms with Gasteiger partial charge in [0.25, 0.3) is 0 Å². The van der Waals surface area contributed by atoms with Crippen molar-refractivity contribution in [2.75, 3.05) is 11.9 Å². The summed E-state index contributed by atoms with van der Waals surface area (Å²) in [7, 11) is 0. The Balaban J connectivity index is 0.000000765. The van der Waals surface area contributed by atoms with Gasteiger partial charge in [-0.2, -0.15) is 9.30 Å². The molecule has 2 aromatic carbocycles. The minimum atomic E-state index is -1.00. The molecule has 0 unspecified atom stereocenters. The van der Waals surface area contributed by atoms with Crippen LogP contribution in [0.4, 0.5) is 15.8 Å². The van der Waals surface area contributed by atoms with Crippen molar-refractivity contribution in [3.63, 3.8) is 0 Å². The maximum atomic E-state index is 13.8. The van der Waals surface area contributed by atoms with E-state index in [1.54, 1.807) is 0 Å². The van der Waals surface area contributed by atoms with Crippen molar-refractivity contribution in [3.05, 3.63) is 62.4 Å².